The van der Waals surface area contributed by atoms with E-state index >= 15 is 0 Å². The third-order valence-corrected chi connectivity index (χ3v) is 2.66. The number of hydrogen-bond acceptors (Lipinski definition) is 3. The fourth-order valence-electron chi connectivity index (χ4n) is 1.71. The first-order valence-electron chi connectivity index (χ1n) is 7.24. The number of rotatable bonds is 3. The highest BCUT2D eigenvalue weighted by Gasteiger charge is 2.34. The second-order valence-electron chi connectivity index (χ2n) is 5.89. The van der Waals surface area contributed by atoms with Gasteiger partial charge in [-0.15, -0.1) is 0 Å². The third-order valence-electron chi connectivity index (χ3n) is 2.66. The smallest absolute Gasteiger partial charge is 0.419 e. The zero-order valence-electron chi connectivity index (χ0n) is 14.0. The molecule has 0 saturated carbocycles. The largest absolute Gasteiger partial charge is 0.496 e. The van der Waals surface area contributed by atoms with Crippen molar-refractivity contribution in [2.75, 3.05) is 13.7 Å². The van der Waals surface area contributed by atoms with E-state index < -0.39 is 23.4 Å². The van der Waals surface area contributed by atoms with E-state index in [0.717, 1.165) is 6.07 Å². The van der Waals surface area contributed by atoms with Crippen LogP contribution in [0.15, 0.2) is 18.2 Å². The summed E-state index contributed by atoms with van der Waals surface area (Å²) in [6.45, 7) is 5.54. The summed E-state index contributed by atoms with van der Waals surface area (Å²) in [7, 11) is 1.17. The van der Waals surface area contributed by atoms with E-state index in [4.69, 9.17) is 9.47 Å². The number of methoxy groups -OCH3 is 1. The fraction of sp³-hybridized carbons (Fsp3) is 0.471. The number of alkyl halides is 3. The Kier molecular flexibility index (Phi) is 6.52. The number of benzene rings is 1. The molecular weight excluding hydrogens is 323 g/mol. The molecule has 1 aromatic rings. The first-order valence-corrected chi connectivity index (χ1v) is 7.24. The minimum Gasteiger partial charge on any atom is -0.496 e. The normalized spacial score (nSPS) is 11.3. The summed E-state index contributed by atoms with van der Waals surface area (Å²) >= 11 is 0. The molecule has 0 bridgehead atoms. The molecule has 7 heteroatoms. The van der Waals surface area contributed by atoms with E-state index in [2.05, 4.69) is 17.2 Å². The van der Waals surface area contributed by atoms with Crippen LogP contribution in [0.4, 0.5) is 18.0 Å². The van der Waals surface area contributed by atoms with Crippen molar-refractivity contribution in [1.29, 1.82) is 0 Å². The molecule has 0 heterocycles. The van der Waals surface area contributed by atoms with Crippen LogP contribution in [0.5, 0.6) is 5.75 Å². The van der Waals surface area contributed by atoms with Crippen LogP contribution >= 0.6 is 0 Å². The topological polar surface area (TPSA) is 47.6 Å². The van der Waals surface area contributed by atoms with Crippen molar-refractivity contribution in [2.24, 2.45) is 0 Å². The van der Waals surface area contributed by atoms with Crippen LogP contribution in [0.1, 0.15) is 38.3 Å². The molecule has 1 aromatic carbocycles. The van der Waals surface area contributed by atoms with Gasteiger partial charge in [-0.1, -0.05) is 11.8 Å². The van der Waals surface area contributed by atoms with Gasteiger partial charge in [-0.25, -0.2) is 4.79 Å². The van der Waals surface area contributed by atoms with Gasteiger partial charge in [-0.3, -0.25) is 0 Å². The first kappa shape index (κ1) is 19.7. The number of alkyl carbamates (subject to hydrolysis) is 1. The highest BCUT2D eigenvalue weighted by molar-refractivity contribution is 5.67. The Hall–Kier alpha value is -2.36. The minimum absolute atomic E-state index is 0.277. The number of ether oxygens (including phenoxy) is 2. The summed E-state index contributed by atoms with van der Waals surface area (Å²) in [5, 5.41) is 2.54. The zero-order chi connectivity index (χ0) is 18.4. The number of amides is 1. The summed E-state index contributed by atoms with van der Waals surface area (Å²) < 4.78 is 48.0. The zero-order valence-corrected chi connectivity index (χ0v) is 14.0. The molecular formula is C17H20F3NO3. The lowest BCUT2D eigenvalue weighted by molar-refractivity contribution is -0.138. The van der Waals surface area contributed by atoms with E-state index in [1.807, 2.05) is 0 Å². The SMILES string of the molecule is COc1cc(C#CCCNC(=O)OC(C)(C)C)ccc1C(F)(F)F. The number of hydrogen-bond donors (Lipinski definition) is 1. The molecule has 0 saturated heterocycles. The van der Waals surface area contributed by atoms with E-state index in [1.165, 1.54) is 19.2 Å². The monoisotopic (exact) mass is 343 g/mol. The predicted octanol–water partition coefficient (Wildman–Crippen LogP) is 3.98. The van der Waals surface area contributed by atoms with Crippen molar-refractivity contribution >= 4 is 6.09 Å². The molecule has 0 aliphatic rings. The lowest BCUT2D eigenvalue weighted by Gasteiger charge is -2.19. The van der Waals surface area contributed by atoms with Gasteiger partial charge in [0.2, 0.25) is 0 Å². The van der Waals surface area contributed by atoms with E-state index in [0.29, 0.717) is 12.0 Å². The minimum atomic E-state index is -4.48. The molecule has 0 aliphatic carbocycles. The Morgan fingerprint density at radius 1 is 1.25 bits per heavy atom. The van der Waals surface area contributed by atoms with Crippen molar-refractivity contribution < 1.29 is 27.4 Å². The molecule has 24 heavy (non-hydrogen) atoms. The predicted molar refractivity (Wildman–Crippen MR) is 83.7 cm³/mol. The van der Waals surface area contributed by atoms with Crippen LogP contribution in [-0.4, -0.2) is 25.3 Å². The van der Waals surface area contributed by atoms with Gasteiger partial charge in [0.1, 0.15) is 11.4 Å². The summed E-state index contributed by atoms with van der Waals surface area (Å²) in [5.41, 5.74) is -1.02. The average molecular weight is 343 g/mol. The molecule has 1 N–H and O–H groups in total. The summed E-state index contributed by atoms with van der Waals surface area (Å²) in [4.78, 5) is 11.4. The molecule has 0 unspecified atom stereocenters. The lowest BCUT2D eigenvalue weighted by Crippen LogP contribution is -2.32. The van der Waals surface area contributed by atoms with Crippen molar-refractivity contribution in [3.8, 4) is 17.6 Å². The number of carbonyl (C=O) groups excluding carboxylic acids is 1. The number of nitrogens with one attached hydrogen (secondary N) is 1. The Balaban J connectivity index is 2.60. The highest BCUT2D eigenvalue weighted by atomic mass is 19.4. The van der Waals surface area contributed by atoms with Crippen LogP contribution < -0.4 is 10.1 Å². The number of halogens is 3. The standard InChI is InChI=1S/C17H20F3NO3/c1-16(2,3)24-15(22)21-10-6-5-7-12-8-9-13(17(18,19)20)14(11-12)23-4/h8-9,11H,6,10H2,1-4H3,(H,21,22). The van der Waals surface area contributed by atoms with Crippen LogP contribution in [-0.2, 0) is 10.9 Å². The lowest BCUT2D eigenvalue weighted by atomic mass is 10.1. The molecule has 1 rings (SSSR count). The third kappa shape index (κ3) is 6.82. The Morgan fingerprint density at radius 3 is 2.46 bits per heavy atom. The molecule has 0 fully saturated rings. The maximum absolute atomic E-state index is 12.7. The second-order valence-corrected chi connectivity index (χ2v) is 5.89. The van der Waals surface area contributed by atoms with Gasteiger partial charge in [0.25, 0.3) is 0 Å². The maximum Gasteiger partial charge on any atom is 0.419 e. The van der Waals surface area contributed by atoms with Crippen LogP contribution in [0, 0.1) is 11.8 Å². The molecule has 0 aromatic heterocycles. The molecule has 1 amide bonds. The van der Waals surface area contributed by atoms with Gasteiger partial charge in [0, 0.05) is 18.5 Å². The molecule has 0 radical (unpaired) electrons. The van der Waals surface area contributed by atoms with Gasteiger partial charge >= 0.3 is 12.3 Å². The van der Waals surface area contributed by atoms with Crippen LogP contribution in [0.25, 0.3) is 0 Å². The van der Waals surface area contributed by atoms with E-state index in [9.17, 15) is 18.0 Å². The maximum atomic E-state index is 12.7. The second kappa shape index (κ2) is 7.95. The van der Waals surface area contributed by atoms with Crippen LogP contribution in [0.2, 0.25) is 0 Å². The first-order chi connectivity index (χ1) is 11.0. The Bertz CT molecular complexity index is 637. The van der Waals surface area contributed by atoms with Crippen LogP contribution in [0.3, 0.4) is 0 Å². The van der Waals surface area contributed by atoms with Gasteiger partial charge in [0.05, 0.1) is 12.7 Å². The van der Waals surface area contributed by atoms with E-state index in [1.54, 1.807) is 20.8 Å². The van der Waals surface area contributed by atoms with Gasteiger partial charge in [0.15, 0.2) is 0 Å². The highest BCUT2D eigenvalue weighted by Crippen LogP contribution is 2.36. The Morgan fingerprint density at radius 2 is 1.92 bits per heavy atom. The average Bonchev–Trinajstić information content (AvgIpc) is 2.43. The fourth-order valence-corrected chi connectivity index (χ4v) is 1.71. The summed E-state index contributed by atoms with van der Waals surface area (Å²) in [5.74, 6) is 5.23. The summed E-state index contributed by atoms with van der Waals surface area (Å²) in [6.07, 6.45) is -4.68. The van der Waals surface area contributed by atoms with Crippen molar-refractivity contribution in [1.82, 2.24) is 5.32 Å². The summed E-state index contributed by atoms with van der Waals surface area (Å²) in [6, 6.07) is 3.44. The molecule has 4 nitrogen and oxygen atoms in total. The molecule has 132 valence electrons. The van der Waals surface area contributed by atoms with Crippen molar-refractivity contribution in [3.63, 3.8) is 0 Å². The Labute approximate surface area is 139 Å². The van der Waals surface area contributed by atoms with E-state index in [-0.39, 0.29) is 12.3 Å². The van der Waals surface area contributed by atoms with Gasteiger partial charge in [-0.05, 0) is 39.0 Å². The molecule has 0 aliphatic heterocycles. The van der Waals surface area contributed by atoms with Gasteiger partial charge in [-0.2, -0.15) is 13.2 Å². The van der Waals surface area contributed by atoms with Crippen molar-refractivity contribution in [2.45, 2.75) is 39.0 Å². The van der Waals surface area contributed by atoms with Crippen molar-refractivity contribution in [3.05, 3.63) is 29.3 Å². The quantitative estimate of drug-likeness (QED) is 0.667. The molecule has 0 spiro atoms. The van der Waals surface area contributed by atoms with Gasteiger partial charge < -0.3 is 14.8 Å². The molecule has 0 atom stereocenters. The number of carbonyl (C=O) groups is 1.